The van der Waals surface area contributed by atoms with E-state index in [4.69, 9.17) is 5.11 Å². The van der Waals surface area contributed by atoms with Crippen LogP contribution >= 0.6 is 0 Å². The molecule has 7 heteroatoms. The minimum atomic E-state index is -3.79. The summed E-state index contributed by atoms with van der Waals surface area (Å²) >= 11 is 0. The maximum absolute atomic E-state index is 13.3. The molecule has 1 aliphatic carbocycles. The minimum Gasteiger partial charge on any atom is -0.481 e. The molecule has 0 heterocycles. The van der Waals surface area contributed by atoms with Gasteiger partial charge in [0, 0.05) is 6.04 Å². The van der Waals surface area contributed by atoms with Crippen LogP contribution in [0, 0.1) is 18.7 Å². The van der Waals surface area contributed by atoms with Gasteiger partial charge in [-0.05, 0) is 37.5 Å². The summed E-state index contributed by atoms with van der Waals surface area (Å²) < 4.78 is 39.6. The lowest BCUT2D eigenvalue weighted by Crippen LogP contribution is -2.46. The molecular formula is C12H14FNO4S. The lowest BCUT2D eigenvalue weighted by atomic mass is 9.81. The second-order valence-electron chi connectivity index (χ2n) is 4.74. The molecule has 1 aromatic rings. The molecule has 0 saturated heterocycles. The highest BCUT2D eigenvalue weighted by Gasteiger charge is 2.37. The van der Waals surface area contributed by atoms with Crippen molar-refractivity contribution in [1.82, 2.24) is 4.72 Å². The number of aryl methyl sites for hydroxylation is 1. The third kappa shape index (κ3) is 2.93. The van der Waals surface area contributed by atoms with E-state index in [0.29, 0.717) is 5.56 Å². The zero-order chi connectivity index (χ0) is 14.2. The van der Waals surface area contributed by atoms with E-state index in [0.717, 1.165) is 6.07 Å². The van der Waals surface area contributed by atoms with Crippen LogP contribution in [0.5, 0.6) is 0 Å². The van der Waals surface area contributed by atoms with E-state index in [1.54, 1.807) is 6.92 Å². The van der Waals surface area contributed by atoms with Crippen LogP contribution in [0.2, 0.25) is 0 Å². The fraction of sp³-hybridized carbons (Fsp3) is 0.417. The van der Waals surface area contributed by atoms with Gasteiger partial charge in [-0.2, -0.15) is 0 Å². The van der Waals surface area contributed by atoms with Crippen molar-refractivity contribution in [2.75, 3.05) is 0 Å². The van der Waals surface area contributed by atoms with E-state index in [2.05, 4.69) is 4.72 Å². The largest absolute Gasteiger partial charge is 0.481 e. The van der Waals surface area contributed by atoms with E-state index in [1.807, 2.05) is 0 Å². The number of benzene rings is 1. The molecule has 0 spiro atoms. The molecule has 0 amide bonds. The van der Waals surface area contributed by atoms with Gasteiger partial charge in [-0.3, -0.25) is 4.79 Å². The Morgan fingerprint density at radius 1 is 1.42 bits per heavy atom. The van der Waals surface area contributed by atoms with Crippen molar-refractivity contribution in [2.24, 2.45) is 5.92 Å². The first-order valence-corrected chi connectivity index (χ1v) is 7.29. The molecule has 0 aromatic heterocycles. The Balaban J connectivity index is 2.07. The third-order valence-electron chi connectivity index (χ3n) is 3.26. The Morgan fingerprint density at radius 2 is 2.05 bits per heavy atom. The minimum absolute atomic E-state index is 0.144. The summed E-state index contributed by atoms with van der Waals surface area (Å²) in [5.41, 5.74) is 0.369. The summed E-state index contributed by atoms with van der Waals surface area (Å²) in [4.78, 5) is 10.5. The predicted octanol–water partition coefficient (Wildman–Crippen LogP) is 1.28. The van der Waals surface area contributed by atoms with Crippen LogP contribution in [0.15, 0.2) is 23.1 Å². The number of carboxylic acid groups (broad SMARTS) is 1. The second-order valence-corrected chi connectivity index (χ2v) is 6.45. The lowest BCUT2D eigenvalue weighted by Gasteiger charge is -2.32. The fourth-order valence-corrected chi connectivity index (χ4v) is 3.22. The van der Waals surface area contributed by atoms with Gasteiger partial charge in [0.05, 0.1) is 10.8 Å². The molecule has 1 aromatic carbocycles. The Morgan fingerprint density at radius 3 is 2.58 bits per heavy atom. The number of carbonyl (C=O) groups is 1. The molecular weight excluding hydrogens is 273 g/mol. The Bertz CT molecular complexity index is 608. The monoisotopic (exact) mass is 287 g/mol. The average molecular weight is 287 g/mol. The molecule has 1 saturated carbocycles. The first-order valence-electron chi connectivity index (χ1n) is 5.81. The van der Waals surface area contributed by atoms with Crippen molar-refractivity contribution in [3.8, 4) is 0 Å². The van der Waals surface area contributed by atoms with Crippen molar-refractivity contribution in [3.05, 3.63) is 29.6 Å². The summed E-state index contributed by atoms with van der Waals surface area (Å²) in [5, 5.41) is 8.71. The number of carboxylic acids is 1. The van der Waals surface area contributed by atoms with Crippen LogP contribution < -0.4 is 4.72 Å². The van der Waals surface area contributed by atoms with Crippen LogP contribution in [0.1, 0.15) is 18.4 Å². The highest BCUT2D eigenvalue weighted by molar-refractivity contribution is 7.89. The van der Waals surface area contributed by atoms with Gasteiger partial charge in [0.15, 0.2) is 0 Å². The smallest absolute Gasteiger partial charge is 0.306 e. The lowest BCUT2D eigenvalue weighted by molar-refractivity contribution is -0.145. The third-order valence-corrected chi connectivity index (χ3v) is 4.78. The summed E-state index contributed by atoms with van der Waals surface area (Å²) in [6.45, 7) is 1.54. The summed E-state index contributed by atoms with van der Waals surface area (Å²) in [6.07, 6.45) is 0.534. The van der Waals surface area contributed by atoms with Crippen LogP contribution in [0.25, 0.3) is 0 Å². The average Bonchev–Trinajstić information content (AvgIpc) is 2.26. The van der Waals surface area contributed by atoms with Gasteiger partial charge in [0.1, 0.15) is 5.82 Å². The van der Waals surface area contributed by atoms with Gasteiger partial charge < -0.3 is 5.11 Å². The number of sulfonamides is 1. The first-order chi connectivity index (χ1) is 8.79. The van der Waals surface area contributed by atoms with Gasteiger partial charge in [-0.25, -0.2) is 17.5 Å². The Labute approximate surface area is 110 Å². The first kappa shape index (κ1) is 14.0. The number of halogens is 1. The van der Waals surface area contributed by atoms with E-state index in [9.17, 15) is 17.6 Å². The molecule has 0 atom stereocenters. The van der Waals surface area contributed by atoms with Gasteiger partial charge in [-0.15, -0.1) is 0 Å². The van der Waals surface area contributed by atoms with Crippen molar-refractivity contribution in [1.29, 1.82) is 0 Å². The van der Waals surface area contributed by atoms with Crippen molar-refractivity contribution < 1.29 is 22.7 Å². The van der Waals surface area contributed by atoms with Crippen LogP contribution in [0.3, 0.4) is 0 Å². The SMILES string of the molecule is Cc1ccc(S(=O)(=O)NC2CC(C(=O)O)C2)cc1F. The second kappa shape index (κ2) is 4.90. The normalized spacial score (nSPS) is 22.8. The predicted molar refractivity (Wildman–Crippen MR) is 65.6 cm³/mol. The van der Waals surface area contributed by atoms with Gasteiger partial charge in [0.25, 0.3) is 0 Å². The van der Waals surface area contributed by atoms with Gasteiger partial charge >= 0.3 is 5.97 Å². The van der Waals surface area contributed by atoms with E-state index in [-0.39, 0.29) is 17.7 Å². The molecule has 0 aliphatic heterocycles. The van der Waals surface area contributed by atoms with E-state index < -0.39 is 33.8 Å². The van der Waals surface area contributed by atoms with Crippen LogP contribution in [-0.2, 0) is 14.8 Å². The Kier molecular flexibility index (Phi) is 3.60. The fourth-order valence-electron chi connectivity index (χ4n) is 1.94. The molecule has 104 valence electrons. The number of hydrogen-bond acceptors (Lipinski definition) is 3. The quantitative estimate of drug-likeness (QED) is 0.873. The Hall–Kier alpha value is -1.47. The van der Waals surface area contributed by atoms with Gasteiger partial charge in [0.2, 0.25) is 10.0 Å². The standard InChI is InChI=1S/C12H14FNO4S/c1-7-2-3-10(6-11(7)13)19(17,18)14-9-4-8(5-9)12(15)16/h2-3,6,8-9,14H,4-5H2,1H3,(H,15,16). The van der Waals surface area contributed by atoms with E-state index in [1.165, 1.54) is 12.1 Å². The highest BCUT2D eigenvalue weighted by atomic mass is 32.2. The summed E-state index contributed by atoms with van der Waals surface area (Å²) in [6, 6.07) is 3.29. The zero-order valence-electron chi connectivity index (χ0n) is 10.3. The molecule has 1 aliphatic rings. The molecule has 5 nitrogen and oxygen atoms in total. The zero-order valence-corrected chi connectivity index (χ0v) is 11.1. The van der Waals surface area contributed by atoms with E-state index >= 15 is 0 Å². The number of aliphatic carboxylic acids is 1. The molecule has 0 radical (unpaired) electrons. The van der Waals surface area contributed by atoms with Crippen molar-refractivity contribution in [2.45, 2.75) is 30.7 Å². The van der Waals surface area contributed by atoms with Crippen LogP contribution in [0.4, 0.5) is 4.39 Å². The maximum Gasteiger partial charge on any atom is 0.306 e. The van der Waals surface area contributed by atoms with Crippen molar-refractivity contribution >= 4 is 16.0 Å². The molecule has 19 heavy (non-hydrogen) atoms. The number of rotatable bonds is 4. The molecule has 1 fully saturated rings. The van der Waals surface area contributed by atoms with Crippen molar-refractivity contribution in [3.63, 3.8) is 0 Å². The summed E-state index contributed by atoms with van der Waals surface area (Å²) in [7, 11) is -3.79. The number of hydrogen-bond donors (Lipinski definition) is 2. The molecule has 2 rings (SSSR count). The van der Waals surface area contributed by atoms with Crippen LogP contribution in [-0.4, -0.2) is 25.5 Å². The molecule has 2 N–H and O–H groups in total. The highest BCUT2D eigenvalue weighted by Crippen LogP contribution is 2.29. The molecule has 0 unspecified atom stereocenters. The maximum atomic E-state index is 13.3. The topological polar surface area (TPSA) is 83.5 Å². The molecule has 0 bridgehead atoms. The number of nitrogens with one attached hydrogen (secondary N) is 1. The van der Waals surface area contributed by atoms with Gasteiger partial charge in [-0.1, -0.05) is 6.07 Å². The summed E-state index contributed by atoms with van der Waals surface area (Å²) in [5.74, 6) is -2.00.